The van der Waals surface area contributed by atoms with Gasteiger partial charge in [0.1, 0.15) is 29.2 Å². The van der Waals surface area contributed by atoms with Crippen molar-refractivity contribution in [2.24, 2.45) is 0 Å². The lowest BCUT2D eigenvalue weighted by atomic mass is 10.0. The molecular formula is C37H39ClN8O8. The Morgan fingerprint density at radius 2 is 1.80 bits per heavy atom. The van der Waals surface area contributed by atoms with Crippen LogP contribution < -0.4 is 21.1 Å². The summed E-state index contributed by atoms with van der Waals surface area (Å²) in [7, 11) is 1.63. The fourth-order valence-corrected chi connectivity index (χ4v) is 6.65. The van der Waals surface area contributed by atoms with E-state index >= 15 is 0 Å². The Hall–Kier alpha value is -5.60. The molecule has 4 amide bonds. The smallest absolute Gasteiger partial charge is 0.264 e. The third kappa shape index (κ3) is 8.14. The summed E-state index contributed by atoms with van der Waals surface area (Å²) < 4.78 is 24.3. The largest absolute Gasteiger partial charge is 0.496 e. The van der Waals surface area contributed by atoms with Crippen LogP contribution in [-0.2, 0) is 30.3 Å². The molecule has 4 N–H and O–H groups in total. The first-order valence-corrected chi connectivity index (χ1v) is 17.6. The first-order valence-electron chi connectivity index (χ1n) is 17.2. The highest BCUT2D eigenvalue weighted by molar-refractivity contribution is 6.34. The number of carbonyl (C=O) groups excluding carboxylic acids is 4. The Morgan fingerprint density at radius 3 is 2.56 bits per heavy atom. The SMILES string of the molecule is COc1c(C)cnc(Cn2cc(C#CCOCCOCCOCCNc3cccc4c3C(=O)N(C3CCC(=O)NC3=O)C4=O)c3c(Cl)nc(N)nc32)c1C. The van der Waals surface area contributed by atoms with Crippen molar-refractivity contribution in [1.29, 1.82) is 0 Å². The minimum atomic E-state index is -1.02. The fourth-order valence-electron chi connectivity index (χ4n) is 6.38. The number of nitrogens with one attached hydrogen (secondary N) is 2. The zero-order valence-corrected chi connectivity index (χ0v) is 30.7. The van der Waals surface area contributed by atoms with Crippen LogP contribution in [0.2, 0.25) is 5.15 Å². The number of methoxy groups -OCH3 is 1. The van der Waals surface area contributed by atoms with Gasteiger partial charge in [-0.1, -0.05) is 29.5 Å². The van der Waals surface area contributed by atoms with Crippen LogP contribution in [0, 0.1) is 25.7 Å². The number of aryl methyl sites for hydroxylation is 1. The van der Waals surface area contributed by atoms with E-state index in [2.05, 4.69) is 37.4 Å². The number of benzene rings is 1. The third-order valence-electron chi connectivity index (χ3n) is 8.93. The summed E-state index contributed by atoms with van der Waals surface area (Å²) in [4.78, 5) is 64.2. The van der Waals surface area contributed by atoms with E-state index in [-0.39, 0.29) is 41.7 Å². The maximum absolute atomic E-state index is 13.2. The number of pyridine rings is 1. The highest BCUT2D eigenvalue weighted by Gasteiger charge is 2.45. The molecule has 54 heavy (non-hydrogen) atoms. The van der Waals surface area contributed by atoms with E-state index in [9.17, 15) is 19.2 Å². The number of amides is 4. The lowest BCUT2D eigenvalue weighted by molar-refractivity contribution is -0.136. The number of imide groups is 2. The summed E-state index contributed by atoms with van der Waals surface area (Å²) in [5.41, 5.74) is 10.6. The number of carbonyl (C=O) groups is 4. The van der Waals surface area contributed by atoms with Gasteiger partial charge >= 0.3 is 0 Å². The van der Waals surface area contributed by atoms with Crippen molar-refractivity contribution in [2.45, 2.75) is 39.3 Å². The summed E-state index contributed by atoms with van der Waals surface area (Å²) >= 11 is 6.48. The van der Waals surface area contributed by atoms with Crippen molar-refractivity contribution < 1.29 is 38.1 Å². The molecule has 2 aliphatic rings. The monoisotopic (exact) mass is 758 g/mol. The Labute approximate surface area is 315 Å². The first-order chi connectivity index (χ1) is 26.1. The molecule has 0 saturated carbocycles. The van der Waals surface area contributed by atoms with Crippen LogP contribution in [0.4, 0.5) is 11.6 Å². The Kier molecular flexibility index (Phi) is 12.0. The van der Waals surface area contributed by atoms with Gasteiger partial charge in [0.25, 0.3) is 11.8 Å². The molecule has 0 bridgehead atoms. The fraction of sp³-hybridized carbons (Fsp3) is 0.378. The minimum Gasteiger partial charge on any atom is -0.496 e. The van der Waals surface area contributed by atoms with Crippen LogP contribution in [0.15, 0.2) is 30.6 Å². The third-order valence-corrected chi connectivity index (χ3v) is 9.20. The molecule has 4 aromatic rings. The average Bonchev–Trinajstić information content (AvgIpc) is 3.61. The lowest BCUT2D eigenvalue weighted by Crippen LogP contribution is -2.54. The van der Waals surface area contributed by atoms with E-state index in [1.54, 1.807) is 31.5 Å². The van der Waals surface area contributed by atoms with Crippen LogP contribution in [0.25, 0.3) is 11.0 Å². The van der Waals surface area contributed by atoms with Gasteiger partial charge in [-0.2, -0.15) is 4.98 Å². The molecule has 3 aromatic heterocycles. The van der Waals surface area contributed by atoms with E-state index in [0.717, 1.165) is 27.5 Å². The molecule has 6 rings (SSSR count). The van der Waals surface area contributed by atoms with Gasteiger partial charge in [0.05, 0.1) is 74.5 Å². The molecule has 5 heterocycles. The number of halogens is 1. The van der Waals surface area contributed by atoms with Crippen LogP contribution in [-0.4, -0.2) is 107 Å². The zero-order valence-electron chi connectivity index (χ0n) is 30.0. The quantitative estimate of drug-likeness (QED) is 0.0692. The second-order valence-electron chi connectivity index (χ2n) is 12.5. The molecular weight excluding hydrogens is 720 g/mol. The van der Waals surface area contributed by atoms with Crippen LogP contribution in [0.5, 0.6) is 5.75 Å². The zero-order chi connectivity index (χ0) is 38.4. The summed E-state index contributed by atoms with van der Waals surface area (Å²) in [6, 6.07) is 3.87. The standard InChI is InChI=1S/C37H39ClN8O8/c1-21-18-41-26(22(2)31(21)51-3)20-45-19-23(29-32(38)43-37(39)44-33(29)45)6-5-12-52-14-16-54-17-15-53-13-11-40-25-8-4-7-24-30(25)36(50)46(35(24)49)27-9-10-28(47)42-34(27)48/h4,7-8,18-19,27,40H,9-17,20H2,1-3H3,(H2,39,43,44)(H,42,47,48). The summed E-state index contributed by atoms with van der Waals surface area (Å²) in [5, 5.41) is 6.12. The van der Waals surface area contributed by atoms with Gasteiger partial charge in [-0.05, 0) is 32.4 Å². The molecule has 1 unspecified atom stereocenters. The first kappa shape index (κ1) is 38.1. The molecule has 0 radical (unpaired) electrons. The molecule has 2 aliphatic heterocycles. The molecule has 17 heteroatoms. The van der Waals surface area contributed by atoms with Gasteiger partial charge in [0, 0.05) is 42.2 Å². The predicted molar refractivity (Wildman–Crippen MR) is 197 cm³/mol. The molecule has 1 saturated heterocycles. The maximum Gasteiger partial charge on any atom is 0.264 e. The Morgan fingerprint density at radius 1 is 1.04 bits per heavy atom. The highest BCUT2D eigenvalue weighted by atomic mass is 35.5. The van der Waals surface area contributed by atoms with E-state index in [1.807, 2.05) is 24.6 Å². The normalized spacial score (nSPS) is 15.3. The van der Waals surface area contributed by atoms with E-state index in [4.69, 9.17) is 36.3 Å². The number of ether oxygens (including phenoxy) is 4. The molecule has 1 atom stereocenters. The molecule has 1 fully saturated rings. The molecule has 16 nitrogen and oxygen atoms in total. The number of hydrogen-bond acceptors (Lipinski definition) is 13. The molecule has 1 aromatic carbocycles. The Bertz CT molecular complexity index is 2180. The summed E-state index contributed by atoms with van der Waals surface area (Å²) in [6.45, 7) is 6.45. The maximum atomic E-state index is 13.2. The second-order valence-corrected chi connectivity index (χ2v) is 12.8. The van der Waals surface area contributed by atoms with Crippen LogP contribution in [0.1, 0.15) is 55.9 Å². The summed E-state index contributed by atoms with van der Waals surface area (Å²) in [5.74, 6) is 4.73. The number of piperidine rings is 1. The molecule has 282 valence electrons. The van der Waals surface area contributed by atoms with Crippen LogP contribution >= 0.6 is 11.6 Å². The van der Waals surface area contributed by atoms with E-state index in [0.29, 0.717) is 68.4 Å². The number of nitrogen functional groups attached to an aromatic ring is 1. The van der Waals surface area contributed by atoms with Gasteiger partial charge in [-0.3, -0.25) is 34.4 Å². The number of nitrogens with zero attached hydrogens (tertiary/aromatic N) is 5. The summed E-state index contributed by atoms with van der Waals surface area (Å²) in [6.07, 6.45) is 3.76. The average molecular weight is 759 g/mol. The van der Waals surface area contributed by atoms with Gasteiger partial charge in [0.15, 0.2) is 0 Å². The second kappa shape index (κ2) is 17.0. The van der Waals surface area contributed by atoms with Gasteiger partial charge in [-0.25, -0.2) is 4.98 Å². The molecule has 0 aliphatic carbocycles. The number of aromatic nitrogens is 4. The van der Waals surface area contributed by atoms with Gasteiger partial charge in [-0.15, -0.1) is 0 Å². The van der Waals surface area contributed by atoms with Crippen molar-refractivity contribution in [3.63, 3.8) is 0 Å². The van der Waals surface area contributed by atoms with Crippen molar-refractivity contribution >= 4 is 57.9 Å². The topological polar surface area (TPSA) is 202 Å². The number of fused-ring (bicyclic) bond motifs is 2. The van der Waals surface area contributed by atoms with Gasteiger partial charge < -0.3 is 34.6 Å². The number of rotatable bonds is 15. The molecule has 0 spiro atoms. The van der Waals surface area contributed by atoms with Crippen LogP contribution in [0.3, 0.4) is 0 Å². The van der Waals surface area contributed by atoms with Crippen molar-refractivity contribution in [3.05, 3.63) is 69.3 Å². The van der Waals surface area contributed by atoms with Gasteiger partial charge in [0.2, 0.25) is 17.8 Å². The van der Waals surface area contributed by atoms with E-state index in [1.165, 1.54) is 0 Å². The van der Waals surface area contributed by atoms with Crippen molar-refractivity contribution in [3.8, 4) is 17.6 Å². The van der Waals surface area contributed by atoms with E-state index < -0.39 is 29.7 Å². The number of nitrogens with two attached hydrogens (primary N) is 1. The lowest BCUT2D eigenvalue weighted by Gasteiger charge is -2.27. The number of anilines is 2. The van der Waals surface area contributed by atoms with Crippen molar-refractivity contribution in [2.75, 3.05) is 64.3 Å². The Balaban J connectivity index is 0.911. The highest BCUT2D eigenvalue weighted by Crippen LogP contribution is 2.33. The number of hydrogen-bond donors (Lipinski definition) is 3. The minimum absolute atomic E-state index is 0.0519. The van der Waals surface area contributed by atoms with Crippen molar-refractivity contribution in [1.82, 2.24) is 29.7 Å². The predicted octanol–water partition coefficient (Wildman–Crippen LogP) is 2.65.